The van der Waals surface area contributed by atoms with Gasteiger partial charge in [0.1, 0.15) is 6.33 Å². The summed E-state index contributed by atoms with van der Waals surface area (Å²) in [6.07, 6.45) is 3.19. The number of nitrogens with one attached hydrogen (secondary N) is 1. The monoisotopic (exact) mass is 446 g/mol. The molecule has 1 aromatic heterocycles. The third-order valence-corrected chi connectivity index (χ3v) is 6.04. The summed E-state index contributed by atoms with van der Waals surface area (Å²) in [5, 5.41) is 15.1. The molecule has 1 saturated heterocycles. The fraction of sp³-hybridized carbons (Fsp3) is 0.360. The maximum Gasteiger partial charge on any atom is 0.353 e. The third kappa shape index (κ3) is 5.84. The molecule has 4 rings (SSSR count). The van der Waals surface area contributed by atoms with E-state index in [1.165, 1.54) is 23.0 Å². The molecule has 1 N–H and O–H groups in total. The van der Waals surface area contributed by atoms with Crippen LogP contribution >= 0.6 is 0 Å². The van der Waals surface area contributed by atoms with Gasteiger partial charge in [0, 0.05) is 39.3 Å². The molecule has 0 spiro atoms. The van der Waals surface area contributed by atoms with Gasteiger partial charge in [-0.25, -0.2) is 9.97 Å². The second-order valence-electron chi connectivity index (χ2n) is 8.25. The summed E-state index contributed by atoms with van der Waals surface area (Å²) < 4.78 is 0. The van der Waals surface area contributed by atoms with E-state index in [4.69, 9.17) is 0 Å². The van der Waals surface area contributed by atoms with E-state index in [0.29, 0.717) is 25.5 Å². The molecule has 2 heterocycles. The highest BCUT2D eigenvalue weighted by Gasteiger charge is 2.29. The summed E-state index contributed by atoms with van der Waals surface area (Å²) in [5.74, 6) is 0.672. The number of hydrogen-bond acceptors (Lipinski definition) is 7. The molecule has 172 valence electrons. The van der Waals surface area contributed by atoms with Crippen molar-refractivity contribution in [3.63, 3.8) is 0 Å². The van der Waals surface area contributed by atoms with Crippen LogP contribution in [0.1, 0.15) is 23.6 Å². The lowest BCUT2D eigenvalue weighted by atomic mass is 10.1. The first kappa shape index (κ1) is 22.7. The predicted octanol–water partition coefficient (Wildman–Crippen LogP) is 3.92. The second-order valence-corrected chi connectivity index (χ2v) is 8.25. The van der Waals surface area contributed by atoms with Crippen LogP contribution in [0.25, 0.3) is 0 Å². The standard InChI is InChI=1S/C25H30N6O2/c1-2-20-8-10-21(11-9-20)12-13-26-24-23(31(32)33)25(28-19-27-24)30-16-14-29(15-17-30)18-22-6-4-3-5-7-22/h3-11,19H,2,12-18H2,1H3,(H,26,27,28). The van der Waals surface area contributed by atoms with E-state index in [9.17, 15) is 10.1 Å². The molecule has 0 amide bonds. The molecule has 1 fully saturated rings. The van der Waals surface area contributed by atoms with Gasteiger partial charge < -0.3 is 10.2 Å². The fourth-order valence-electron chi connectivity index (χ4n) is 4.12. The zero-order valence-electron chi connectivity index (χ0n) is 19.0. The number of nitro groups is 1. The minimum atomic E-state index is -0.371. The van der Waals surface area contributed by atoms with Gasteiger partial charge in [0.15, 0.2) is 0 Å². The number of benzene rings is 2. The van der Waals surface area contributed by atoms with Crippen molar-refractivity contribution < 1.29 is 4.92 Å². The summed E-state index contributed by atoms with van der Waals surface area (Å²) in [7, 11) is 0. The van der Waals surface area contributed by atoms with Crippen LogP contribution < -0.4 is 10.2 Å². The summed E-state index contributed by atoms with van der Waals surface area (Å²) in [5.41, 5.74) is 3.71. The van der Waals surface area contributed by atoms with Crippen molar-refractivity contribution >= 4 is 17.3 Å². The molecule has 0 atom stereocenters. The van der Waals surface area contributed by atoms with Crippen LogP contribution in [0, 0.1) is 10.1 Å². The number of nitrogens with zero attached hydrogens (tertiary/aromatic N) is 5. The predicted molar refractivity (Wildman–Crippen MR) is 131 cm³/mol. The largest absolute Gasteiger partial charge is 0.364 e. The smallest absolute Gasteiger partial charge is 0.353 e. The van der Waals surface area contributed by atoms with Gasteiger partial charge in [0.25, 0.3) is 0 Å². The van der Waals surface area contributed by atoms with Crippen LogP contribution in [0.3, 0.4) is 0 Å². The van der Waals surface area contributed by atoms with Crippen molar-refractivity contribution in [2.75, 3.05) is 42.9 Å². The van der Waals surface area contributed by atoms with E-state index in [-0.39, 0.29) is 16.4 Å². The molecule has 2 aromatic carbocycles. The first-order valence-corrected chi connectivity index (χ1v) is 11.5. The van der Waals surface area contributed by atoms with E-state index < -0.39 is 0 Å². The molecular weight excluding hydrogens is 416 g/mol. The van der Waals surface area contributed by atoms with Gasteiger partial charge in [0.2, 0.25) is 11.6 Å². The number of rotatable bonds is 9. The van der Waals surface area contributed by atoms with Gasteiger partial charge in [-0.3, -0.25) is 15.0 Å². The Kier molecular flexibility index (Phi) is 7.47. The molecule has 0 bridgehead atoms. The van der Waals surface area contributed by atoms with Crippen molar-refractivity contribution in [3.05, 3.63) is 87.7 Å². The maximum absolute atomic E-state index is 11.9. The summed E-state index contributed by atoms with van der Waals surface area (Å²) in [6.45, 7) is 6.60. The number of anilines is 2. The Morgan fingerprint density at radius 3 is 2.30 bits per heavy atom. The first-order valence-electron chi connectivity index (χ1n) is 11.5. The SMILES string of the molecule is CCc1ccc(CCNc2ncnc(N3CCN(Cc4ccccc4)CC3)c2[N+](=O)[O-])cc1. The Labute approximate surface area is 194 Å². The molecule has 0 saturated carbocycles. The van der Waals surface area contributed by atoms with Gasteiger partial charge >= 0.3 is 5.69 Å². The highest BCUT2D eigenvalue weighted by molar-refractivity contribution is 5.70. The van der Waals surface area contributed by atoms with E-state index in [2.05, 4.69) is 63.5 Å². The van der Waals surface area contributed by atoms with Crippen LogP contribution in [-0.2, 0) is 19.4 Å². The number of aromatic nitrogens is 2. The van der Waals surface area contributed by atoms with Gasteiger partial charge in [0.05, 0.1) is 4.92 Å². The van der Waals surface area contributed by atoms with E-state index in [1.54, 1.807) is 0 Å². The number of hydrogen-bond donors (Lipinski definition) is 1. The van der Waals surface area contributed by atoms with E-state index in [0.717, 1.165) is 32.5 Å². The lowest BCUT2D eigenvalue weighted by Gasteiger charge is -2.35. The lowest BCUT2D eigenvalue weighted by Crippen LogP contribution is -2.46. The summed E-state index contributed by atoms with van der Waals surface area (Å²) in [4.78, 5) is 24.4. The van der Waals surface area contributed by atoms with Crippen molar-refractivity contribution in [2.45, 2.75) is 26.3 Å². The minimum Gasteiger partial charge on any atom is -0.364 e. The second kappa shape index (κ2) is 10.9. The average molecular weight is 447 g/mol. The quantitative estimate of drug-likeness (QED) is 0.394. The van der Waals surface area contributed by atoms with Gasteiger partial charge in [-0.05, 0) is 29.5 Å². The Hall–Kier alpha value is -3.52. The van der Waals surface area contributed by atoms with Crippen LogP contribution in [-0.4, -0.2) is 52.5 Å². The number of piperazine rings is 1. The fourth-order valence-corrected chi connectivity index (χ4v) is 4.12. The Bertz CT molecular complexity index is 1050. The van der Waals surface area contributed by atoms with E-state index >= 15 is 0 Å². The molecule has 8 nitrogen and oxygen atoms in total. The van der Waals surface area contributed by atoms with Crippen LogP contribution in [0.4, 0.5) is 17.3 Å². The molecule has 1 aliphatic heterocycles. The minimum absolute atomic E-state index is 0.0460. The highest BCUT2D eigenvalue weighted by atomic mass is 16.6. The highest BCUT2D eigenvalue weighted by Crippen LogP contribution is 2.32. The Morgan fingerprint density at radius 2 is 1.64 bits per heavy atom. The third-order valence-electron chi connectivity index (χ3n) is 6.04. The molecule has 0 aliphatic carbocycles. The first-order chi connectivity index (χ1) is 16.1. The van der Waals surface area contributed by atoms with Crippen molar-refractivity contribution in [1.29, 1.82) is 0 Å². The van der Waals surface area contributed by atoms with Gasteiger partial charge in [-0.1, -0.05) is 61.5 Å². The van der Waals surface area contributed by atoms with Crippen LogP contribution in [0.5, 0.6) is 0 Å². The molecule has 0 unspecified atom stereocenters. The van der Waals surface area contributed by atoms with Gasteiger partial charge in [-0.15, -0.1) is 0 Å². The lowest BCUT2D eigenvalue weighted by molar-refractivity contribution is -0.383. The van der Waals surface area contributed by atoms with E-state index in [1.807, 2.05) is 23.1 Å². The average Bonchev–Trinajstić information content (AvgIpc) is 2.85. The Balaban J connectivity index is 1.39. The van der Waals surface area contributed by atoms with Crippen molar-refractivity contribution in [3.8, 4) is 0 Å². The summed E-state index contributed by atoms with van der Waals surface area (Å²) in [6, 6.07) is 18.8. The maximum atomic E-state index is 11.9. The zero-order valence-corrected chi connectivity index (χ0v) is 19.0. The van der Waals surface area contributed by atoms with Crippen molar-refractivity contribution in [1.82, 2.24) is 14.9 Å². The summed E-state index contributed by atoms with van der Waals surface area (Å²) >= 11 is 0. The van der Waals surface area contributed by atoms with Gasteiger partial charge in [-0.2, -0.15) is 0 Å². The molecular formula is C25H30N6O2. The van der Waals surface area contributed by atoms with Crippen molar-refractivity contribution in [2.24, 2.45) is 0 Å². The van der Waals surface area contributed by atoms with Crippen LogP contribution in [0.2, 0.25) is 0 Å². The molecule has 3 aromatic rings. The topological polar surface area (TPSA) is 87.4 Å². The molecule has 8 heteroatoms. The zero-order chi connectivity index (χ0) is 23.0. The normalized spacial score (nSPS) is 14.3. The molecule has 0 radical (unpaired) electrons. The molecule has 33 heavy (non-hydrogen) atoms. The Morgan fingerprint density at radius 1 is 0.939 bits per heavy atom. The number of aryl methyl sites for hydroxylation is 1. The molecule has 1 aliphatic rings. The van der Waals surface area contributed by atoms with Crippen LogP contribution in [0.15, 0.2) is 60.9 Å².